The SMILES string of the molecule is CCCCCCCOOc1c(O)c(C(=O)O)c(CCC)c(CCC)c1OCCCCCCC. The second-order valence-electron chi connectivity index (χ2n) is 8.73. The number of unbranched alkanes of at least 4 members (excludes halogenated alkanes) is 8. The number of aromatic carboxylic acids is 1. The average Bonchev–Trinajstić information content (AvgIpc) is 2.79. The summed E-state index contributed by atoms with van der Waals surface area (Å²) in [5.41, 5.74) is 1.35. The van der Waals surface area contributed by atoms with Crippen LogP contribution in [0.3, 0.4) is 0 Å². The Labute approximate surface area is 200 Å². The lowest BCUT2D eigenvalue weighted by Crippen LogP contribution is -2.13. The van der Waals surface area contributed by atoms with Crippen LogP contribution < -0.4 is 9.62 Å². The zero-order chi connectivity index (χ0) is 24.5. The summed E-state index contributed by atoms with van der Waals surface area (Å²) in [6.07, 6.45) is 13.7. The van der Waals surface area contributed by atoms with Gasteiger partial charge >= 0.3 is 5.97 Å². The maximum absolute atomic E-state index is 12.1. The standard InChI is InChI=1S/C27H46O6/c1-5-9-11-13-15-19-31-25-22(18-8-4)21(17-7-3)23(27(29)30)24(28)26(25)33-32-20-16-14-12-10-6-2/h28H,5-20H2,1-4H3,(H,29,30). The molecule has 6 heteroatoms. The van der Waals surface area contributed by atoms with E-state index in [2.05, 4.69) is 13.8 Å². The van der Waals surface area contributed by atoms with Crippen LogP contribution in [-0.4, -0.2) is 29.4 Å². The van der Waals surface area contributed by atoms with Gasteiger partial charge in [0, 0.05) is 5.56 Å². The molecule has 0 aliphatic heterocycles. The number of carboxylic acid groups (broad SMARTS) is 1. The van der Waals surface area contributed by atoms with E-state index in [9.17, 15) is 15.0 Å². The largest absolute Gasteiger partial charge is 0.503 e. The van der Waals surface area contributed by atoms with Gasteiger partial charge in [-0.2, -0.15) is 4.89 Å². The number of carboxylic acids is 1. The van der Waals surface area contributed by atoms with Gasteiger partial charge in [0.1, 0.15) is 5.56 Å². The smallest absolute Gasteiger partial charge is 0.339 e. The maximum atomic E-state index is 12.1. The van der Waals surface area contributed by atoms with E-state index in [4.69, 9.17) is 14.5 Å². The fourth-order valence-electron chi connectivity index (χ4n) is 4.03. The Morgan fingerprint density at radius 2 is 1.24 bits per heavy atom. The molecule has 0 saturated carbocycles. The van der Waals surface area contributed by atoms with E-state index in [0.717, 1.165) is 56.9 Å². The maximum Gasteiger partial charge on any atom is 0.339 e. The van der Waals surface area contributed by atoms with Crippen molar-refractivity contribution in [2.75, 3.05) is 13.2 Å². The van der Waals surface area contributed by atoms with E-state index in [-0.39, 0.29) is 11.3 Å². The van der Waals surface area contributed by atoms with Crippen molar-refractivity contribution in [3.63, 3.8) is 0 Å². The highest BCUT2D eigenvalue weighted by molar-refractivity contribution is 5.95. The van der Waals surface area contributed by atoms with Gasteiger partial charge in [-0.3, -0.25) is 0 Å². The summed E-state index contributed by atoms with van der Waals surface area (Å²) in [6, 6.07) is 0. The van der Waals surface area contributed by atoms with E-state index in [1.54, 1.807) is 0 Å². The lowest BCUT2D eigenvalue weighted by atomic mass is 9.92. The van der Waals surface area contributed by atoms with Crippen molar-refractivity contribution in [1.82, 2.24) is 0 Å². The van der Waals surface area contributed by atoms with Gasteiger partial charge in [-0.05, 0) is 31.2 Å². The minimum atomic E-state index is -1.16. The lowest BCUT2D eigenvalue weighted by Gasteiger charge is -2.22. The molecule has 0 unspecified atom stereocenters. The van der Waals surface area contributed by atoms with E-state index in [1.807, 2.05) is 13.8 Å². The normalized spacial score (nSPS) is 11.0. The number of hydrogen-bond acceptors (Lipinski definition) is 5. The quantitative estimate of drug-likeness (QED) is 0.117. The van der Waals surface area contributed by atoms with Crippen molar-refractivity contribution >= 4 is 5.97 Å². The zero-order valence-electron chi connectivity index (χ0n) is 21.3. The van der Waals surface area contributed by atoms with Gasteiger partial charge in [-0.1, -0.05) is 91.9 Å². The Morgan fingerprint density at radius 1 is 0.697 bits per heavy atom. The summed E-state index contributed by atoms with van der Waals surface area (Å²) in [4.78, 5) is 23.0. The summed E-state index contributed by atoms with van der Waals surface area (Å²) in [5, 5.41) is 20.8. The predicted molar refractivity (Wildman–Crippen MR) is 133 cm³/mol. The van der Waals surface area contributed by atoms with Crippen molar-refractivity contribution in [3.8, 4) is 17.2 Å². The van der Waals surface area contributed by atoms with Gasteiger partial charge in [0.25, 0.3) is 0 Å². The van der Waals surface area contributed by atoms with E-state index in [1.165, 1.54) is 25.7 Å². The van der Waals surface area contributed by atoms with Crippen molar-refractivity contribution in [1.29, 1.82) is 0 Å². The summed E-state index contributed by atoms with van der Waals surface area (Å²) in [5.74, 6) is -1.14. The predicted octanol–water partition coefficient (Wildman–Crippen LogP) is 7.63. The molecule has 33 heavy (non-hydrogen) atoms. The van der Waals surface area contributed by atoms with Crippen LogP contribution in [0.4, 0.5) is 0 Å². The van der Waals surface area contributed by atoms with Gasteiger partial charge in [0.05, 0.1) is 13.2 Å². The Morgan fingerprint density at radius 3 is 1.79 bits per heavy atom. The average molecular weight is 467 g/mol. The van der Waals surface area contributed by atoms with E-state index in [0.29, 0.717) is 37.4 Å². The summed E-state index contributed by atoms with van der Waals surface area (Å²) < 4.78 is 6.16. The molecule has 0 atom stereocenters. The zero-order valence-corrected chi connectivity index (χ0v) is 21.3. The van der Waals surface area contributed by atoms with Crippen molar-refractivity contribution in [2.24, 2.45) is 0 Å². The molecule has 0 amide bonds. The number of rotatable bonds is 20. The van der Waals surface area contributed by atoms with Gasteiger partial charge in [-0.15, -0.1) is 0 Å². The minimum absolute atomic E-state index is 0.00202. The molecule has 0 aromatic heterocycles. The minimum Gasteiger partial charge on any atom is -0.503 e. The fourth-order valence-corrected chi connectivity index (χ4v) is 4.03. The van der Waals surface area contributed by atoms with Gasteiger partial charge in [0.15, 0.2) is 11.5 Å². The molecule has 0 saturated heterocycles. The second kappa shape index (κ2) is 17.5. The van der Waals surface area contributed by atoms with Gasteiger partial charge < -0.3 is 19.8 Å². The molecule has 1 aromatic rings. The summed E-state index contributed by atoms with van der Waals surface area (Å²) in [6.45, 7) is 9.27. The molecule has 0 bridgehead atoms. The Kier molecular flexibility index (Phi) is 15.4. The molecule has 2 N–H and O–H groups in total. The first-order valence-electron chi connectivity index (χ1n) is 13.1. The first-order valence-corrected chi connectivity index (χ1v) is 13.1. The molecule has 0 fully saturated rings. The van der Waals surface area contributed by atoms with Gasteiger partial charge in [0.2, 0.25) is 5.75 Å². The number of aromatic hydroxyl groups is 1. The van der Waals surface area contributed by atoms with Crippen molar-refractivity contribution < 1.29 is 29.5 Å². The van der Waals surface area contributed by atoms with Crippen LogP contribution in [0.25, 0.3) is 0 Å². The van der Waals surface area contributed by atoms with Crippen LogP contribution in [0, 0.1) is 0 Å². The summed E-state index contributed by atoms with van der Waals surface area (Å²) >= 11 is 0. The van der Waals surface area contributed by atoms with E-state index >= 15 is 0 Å². The molecule has 1 rings (SSSR count). The van der Waals surface area contributed by atoms with Crippen LogP contribution in [0.2, 0.25) is 0 Å². The van der Waals surface area contributed by atoms with Crippen LogP contribution in [0.1, 0.15) is 126 Å². The second-order valence-corrected chi connectivity index (χ2v) is 8.73. The monoisotopic (exact) mass is 466 g/mol. The topological polar surface area (TPSA) is 85.2 Å². The highest BCUT2D eigenvalue weighted by Gasteiger charge is 2.29. The molecule has 1 aromatic carbocycles. The number of phenols is 1. The Hall–Kier alpha value is -1.95. The van der Waals surface area contributed by atoms with Crippen LogP contribution in [0.15, 0.2) is 0 Å². The molecule has 0 spiro atoms. The molecule has 0 heterocycles. The van der Waals surface area contributed by atoms with Gasteiger partial charge in [-0.25, -0.2) is 4.79 Å². The highest BCUT2D eigenvalue weighted by atomic mass is 17.2. The van der Waals surface area contributed by atoms with Crippen molar-refractivity contribution in [3.05, 3.63) is 16.7 Å². The first-order chi connectivity index (χ1) is 16.0. The molecule has 0 aliphatic carbocycles. The Balaban J connectivity index is 3.16. The van der Waals surface area contributed by atoms with E-state index < -0.39 is 11.7 Å². The lowest BCUT2D eigenvalue weighted by molar-refractivity contribution is -0.209. The third-order valence-corrected chi connectivity index (χ3v) is 5.78. The Bertz CT molecular complexity index is 686. The first kappa shape index (κ1) is 29.1. The molecular formula is C27H46O6. The number of hydrogen-bond donors (Lipinski definition) is 2. The number of carbonyl (C=O) groups is 1. The molecule has 6 nitrogen and oxygen atoms in total. The number of ether oxygens (including phenoxy) is 1. The summed E-state index contributed by atoms with van der Waals surface area (Å²) in [7, 11) is 0. The fraction of sp³-hybridized carbons (Fsp3) is 0.741. The molecule has 0 radical (unpaired) electrons. The third-order valence-electron chi connectivity index (χ3n) is 5.78. The van der Waals surface area contributed by atoms with Crippen LogP contribution >= 0.6 is 0 Å². The number of benzene rings is 1. The molecule has 190 valence electrons. The van der Waals surface area contributed by atoms with Crippen LogP contribution in [-0.2, 0) is 17.7 Å². The van der Waals surface area contributed by atoms with Crippen LogP contribution in [0.5, 0.6) is 17.2 Å². The van der Waals surface area contributed by atoms with Crippen molar-refractivity contribution in [2.45, 2.75) is 118 Å². The molecule has 0 aliphatic rings. The third kappa shape index (κ3) is 9.83. The highest BCUT2D eigenvalue weighted by Crippen LogP contribution is 2.46. The molecular weight excluding hydrogens is 420 g/mol.